The summed E-state index contributed by atoms with van der Waals surface area (Å²) in [5, 5.41) is 8.84. The first kappa shape index (κ1) is 11.8. The maximum Gasteiger partial charge on any atom is 0.101 e. The molecule has 17 heavy (non-hydrogen) atoms. The average molecular weight is 229 g/mol. The van der Waals surface area contributed by atoms with Crippen LogP contribution in [0.15, 0.2) is 18.2 Å². The average Bonchev–Trinajstić information content (AvgIpc) is 2.29. The molecule has 0 amide bonds. The summed E-state index contributed by atoms with van der Waals surface area (Å²) >= 11 is 0. The first-order valence-electron chi connectivity index (χ1n) is 6.06. The van der Waals surface area contributed by atoms with Crippen molar-refractivity contribution in [3.8, 4) is 6.07 Å². The SMILES string of the molecule is CC1(C)CCN(c2ccc(C#N)c(N)c2)CC1. The topological polar surface area (TPSA) is 53.0 Å². The van der Waals surface area contributed by atoms with Gasteiger partial charge in [0.05, 0.1) is 11.3 Å². The lowest BCUT2D eigenvalue weighted by Crippen LogP contribution is -2.37. The molecule has 3 heteroatoms. The number of benzene rings is 1. The highest BCUT2D eigenvalue weighted by atomic mass is 15.1. The fraction of sp³-hybridized carbons (Fsp3) is 0.500. The van der Waals surface area contributed by atoms with Crippen LogP contribution in [0.2, 0.25) is 0 Å². The second kappa shape index (κ2) is 4.29. The summed E-state index contributed by atoms with van der Waals surface area (Å²) in [5.74, 6) is 0. The van der Waals surface area contributed by atoms with Gasteiger partial charge >= 0.3 is 0 Å². The van der Waals surface area contributed by atoms with E-state index in [1.807, 2.05) is 18.2 Å². The maximum atomic E-state index is 8.84. The van der Waals surface area contributed by atoms with Crippen molar-refractivity contribution in [2.75, 3.05) is 23.7 Å². The van der Waals surface area contributed by atoms with E-state index >= 15 is 0 Å². The molecular formula is C14H19N3. The summed E-state index contributed by atoms with van der Waals surface area (Å²) in [6.45, 7) is 6.77. The van der Waals surface area contributed by atoms with Crippen LogP contribution in [0.5, 0.6) is 0 Å². The Morgan fingerprint density at radius 1 is 1.29 bits per heavy atom. The van der Waals surface area contributed by atoms with Gasteiger partial charge in [-0.05, 0) is 36.5 Å². The summed E-state index contributed by atoms with van der Waals surface area (Å²) in [6.07, 6.45) is 2.40. The number of nitrogen functional groups attached to an aromatic ring is 1. The van der Waals surface area contributed by atoms with Crippen LogP contribution in [0.1, 0.15) is 32.3 Å². The zero-order valence-corrected chi connectivity index (χ0v) is 10.5. The van der Waals surface area contributed by atoms with Gasteiger partial charge < -0.3 is 10.6 Å². The Morgan fingerprint density at radius 3 is 2.47 bits per heavy atom. The van der Waals surface area contributed by atoms with E-state index in [0.717, 1.165) is 18.8 Å². The van der Waals surface area contributed by atoms with E-state index in [-0.39, 0.29) is 0 Å². The highest BCUT2D eigenvalue weighted by Crippen LogP contribution is 2.32. The number of nitriles is 1. The van der Waals surface area contributed by atoms with E-state index in [9.17, 15) is 0 Å². The highest BCUT2D eigenvalue weighted by molar-refractivity contribution is 5.63. The predicted molar refractivity (Wildman–Crippen MR) is 70.8 cm³/mol. The molecule has 0 spiro atoms. The summed E-state index contributed by atoms with van der Waals surface area (Å²) in [7, 11) is 0. The minimum absolute atomic E-state index is 0.453. The van der Waals surface area contributed by atoms with Crippen LogP contribution >= 0.6 is 0 Å². The Bertz CT molecular complexity index is 447. The van der Waals surface area contributed by atoms with E-state index in [0.29, 0.717) is 16.7 Å². The Hall–Kier alpha value is -1.69. The molecule has 1 aromatic carbocycles. The molecule has 0 bridgehead atoms. The third-order valence-electron chi connectivity index (χ3n) is 3.64. The molecule has 1 aliphatic heterocycles. The monoisotopic (exact) mass is 229 g/mol. The molecule has 0 aromatic heterocycles. The fourth-order valence-electron chi connectivity index (χ4n) is 2.22. The van der Waals surface area contributed by atoms with Crippen molar-refractivity contribution < 1.29 is 0 Å². The lowest BCUT2D eigenvalue weighted by Gasteiger charge is -2.38. The van der Waals surface area contributed by atoms with Gasteiger partial charge in [0.2, 0.25) is 0 Å². The van der Waals surface area contributed by atoms with E-state index < -0.39 is 0 Å². The van der Waals surface area contributed by atoms with Crippen LogP contribution < -0.4 is 10.6 Å². The molecule has 1 aromatic rings. The van der Waals surface area contributed by atoms with Crippen molar-refractivity contribution in [2.24, 2.45) is 5.41 Å². The second-order valence-electron chi connectivity index (χ2n) is 5.53. The molecule has 1 fully saturated rings. The quantitative estimate of drug-likeness (QED) is 0.753. The number of anilines is 2. The Labute approximate surface area is 103 Å². The zero-order valence-electron chi connectivity index (χ0n) is 10.5. The highest BCUT2D eigenvalue weighted by Gasteiger charge is 2.25. The molecule has 2 N–H and O–H groups in total. The van der Waals surface area contributed by atoms with Crippen molar-refractivity contribution in [1.82, 2.24) is 0 Å². The molecule has 1 saturated heterocycles. The van der Waals surface area contributed by atoms with E-state index in [1.165, 1.54) is 12.8 Å². The molecule has 90 valence electrons. The van der Waals surface area contributed by atoms with Crippen LogP contribution in [0, 0.1) is 16.7 Å². The van der Waals surface area contributed by atoms with Crippen LogP contribution in [0.4, 0.5) is 11.4 Å². The van der Waals surface area contributed by atoms with E-state index in [2.05, 4.69) is 24.8 Å². The number of hydrogen-bond donors (Lipinski definition) is 1. The van der Waals surface area contributed by atoms with Gasteiger partial charge in [-0.3, -0.25) is 0 Å². The molecular weight excluding hydrogens is 210 g/mol. The van der Waals surface area contributed by atoms with Gasteiger partial charge in [-0.15, -0.1) is 0 Å². The number of hydrogen-bond acceptors (Lipinski definition) is 3. The summed E-state index contributed by atoms with van der Waals surface area (Å²) in [4.78, 5) is 2.35. The number of rotatable bonds is 1. The maximum absolute atomic E-state index is 8.84. The predicted octanol–water partition coefficient (Wildman–Crippen LogP) is 2.77. The molecule has 0 atom stereocenters. The molecule has 2 rings (SSSR count). The van der Waals surface area contributed by atoms with Gasteiger partial charge in [-0.25, -0.2) is 0 Å². The lowest BCUT2D eigenvalue weighted by atomic mass is 9.82. The van der Waals surface area contributed by atoms with Gasteiger partial charge in [-0.1, -0.05) is 13.8 Å². The normalized spacial score (nSPS) is 18.8. The van der Waals surface area contributed by atoms with Gasteiger partial charge in [0.25, 0.3) is 0 Å². The molecule has 3 nitrogen and oxygen atoms in total. The van der Waals surface area contributed by atoms with Gasteiger partial charge in [0, 0.05) is 18.8 Å². The molecule has 1 aliphatic rings. The van der Waals surface area contributed by atoms with Gasteiger partial charge in [-0.2, -0.15) is 5.26 Å². The standard InChI is InChI=1S/C14H19N3/c1-14(2)5-7-17(8-6-14)12-4-3-11(10-15)13(16)9-12/h3-4,9H,5-8,16H2,1-2H3. The second-order valence-corrected chi connectivity index (χ2v) is 5.53. The third kappa shape index (κ3) is 2.52. The smallest absolute Gasteiger partial charge is 0.101 e. The minimum atomic E-state index is 0.453. The van der Waals surface area contributed by atoms with Crippen LogP contribution in [-0.4, -0.2) is 13.1 Å². The lowest BCUT2D eigenvalue weighted by molar-refractivity contribution is 0.280. The van der Waals surface area contributed by atoms with Crippen molar-refractivity contribution in [3.63, 3.8) is 0 Å². The zero-order chi connectivity index (χ0) is 12.5. The van der Waals surface area contributed by atoms with Crippen LogP contribution in [0.25, 0.3) is 0 Å². The Morgan fingerprint density at radius 2 is 1.94 bits per heavy atom. The van der Waals surface area contributed by atoms with Crippen molar-refractivity contribution in [3.05, 3.63) is 23.8 Å². The minimum Gasteiger partial charge on any atom is -0.398 e. The molecule has 0 aliphatic carbocycles. The van der Waals surface area contributed by atoms with Crippen molar-refractivity contribution in [2.45, 2.75) is 26.7 Å². The van der Waals surface area contributed by atoms with Crippen molar-refractivity contribution >= 4 is 11.4 Å². The molecule has 0 saturated carbocycles. The fourth-order valence-corrected chi connectivity index (χ4v) is 2.22. The van der Waals surface area contributed by atoms with E-state index in [4.69, 9.17) is 11.0 Å². The summed E-state index contributed by atoms with van der Waals surface area (Å²) in [6, 6.07) is 7.81. The number of nitrogens with zero attached hydrogens (tertiary/aromatic N) is 2. The molecule has 1 heterocycles. The third-order valence-corrected chi connectivity index (χ3v) is 3.64. The van der Waals surface area contributed by atoms with E-state index in [1.54, 1.807) is 0 Å². The molecule has 0 radical (unpaired) electrons. The Kier molecular flexibility index (Phi) is 2.97. The summed E-state index contributed by atoms with van der Waals surface area (Å²) < 4.78 is 0. The first-order chi connectivity index (χ1) is 8.02. The molecule has 0 unspecified atom stereocenters. The van der Waals surface area contributed by atoms with Crippen LogP contribution in [-0.2, 0) is 0 Å². The van der Waals surface area contributed by atoms with Gasteiger partial charge in [0.1, 0.15) is 6.07 Å². The largest absolute Gasteiger partial charge is 0.398 e. The Balaban J connectivity index is 2.14. The first-order valence-corrected chi connectivity index (χ1v) is 6.06. The van der Waals surface area contributed by atoms with Crippen LogP contribution in [0.3, 0.4) is 0 Å². The van der Waals surface area contributed by atoms with Gasteiger partial charge in [0.15, 0.2) is 0 Å². The number of piperidine rings is 1. The van der Waals surface area contributed by atoms with Crippen molar-refractivity contribution in [1.29, 1.82) is 5.26 Å². The summed E-state index contributed by atoms with van der Waals surface area (Å²) in [5.41, 5.74) is 8.57. The number of nitrogens with two attached hydrogens (primary N) is 1.